The maximum Gasteiger partial charge on any atom is 0.416 e. The normalized spacial score (nSPS) is 21.4. The van der Waals surface area contributed by atoms with Gasteiger partial charge in [0.05, 0.1) is 35.5 Å². The molecule has 9 heteroatoms. The van der Waals surface area contributed by atoms with E-state index in [1.165, 1.54) is 11.0 Å². The number of amides is 1. The summed E-state index contributed by atoms with van der Waals surface area (Å²) in [6.07, 6.45) is -4.89. The molecule has 2 aromatic rings. The first-order valence-electron chi connectivity index (χ1n) is 10.2. The third-order valence-corrected chi connectivity index (χ3v) is 6.32. The van der Waals surface area contributed by atoms with Crippen molar-refractivity contribution in [3.63, 3.8) is 0 Å². The lowest BCUT2D eigenvalue weighted by Crippen LogP contribution is -2.62. The van der Waals surface area contributed by atoms with Crippen LogP contribution in [0.2, 0.25) is 0 Å². The van der Waals surface area contributed by atoms with E-state index < -0.39 is 35.3 Å². The van der Waals surface area contributed by atoms with Gasteiger partial charge in [-0.1, -0.05) is 35.0 Å². The quantitative estimate of drug-likeness (QED) is 0.525. The molecule has 2 aromatic carbocycles. The number of ether oxygens (including phenoxy) is 1. The second-order valence-electron chi connectivity index (χ2n) is 7.74. The van der Waals surface area contributed by atoms with Gasteiger partial charge in [-0.3, -0.25) is 4.90 Å². The number of benzene rings is 2. The van der Waals surface area contributed by atoms with Crippen LogP contribution < -0.4 is 10.6 Å². The zero-order valence-electron chi connectivity index (χ0n) is 17.6. The van der Waals surface area contributed by atoms with Gasteiger partial charge >= 0.3 is 12.3 Å². The molecule has 1 unspecified atom stereocenters. The molecule has 0 radical (unpaired) electrons. The Morgan fingerprint density at radius 2 is 2.06 bits per heavy atom. The van der Waals surface area contributed by atoms with E-state index in [1.807, 2.05) is 0 Å². The zero-order chi connectivity index (χ0) is 23.7. The average molecular weight is 510 g/mol. The van der Waals surface area contributed by atoms with Gasteiger partial charge in [0, 0.05) is 10.4 Å². The highest BCUT2D eigenvalue weighted by Crippen LogP contribution is 2.50. The summed E-state index contributed by atoms with van der Waals surface area (Å²) < 4.78 is 46.5. The predicted octanol–water partition coefficient (Wildman–Crippen LogP) is 6.29. The lowest BCUT2D eigenvalue weighted by molar-refractivity contribution is -0.137. The average Bonchev–Trinajstić information content (AvgIpc) is 2.73. The first-order chi connectivity index (χ1) is 15.1. The summed E-state index contributed by atoms with van der Waals surface area (Å²) in [6.45, 7) is 3.52. The number of fused-ring (bicyclic) bond motifs is 1. The van der Waals surface area contributed by atoms with Gasteiger partial charge in [0.25, 0.3) is 0 Å². The first-order valence-corrected chi connectivity index (χ1v) is 11.0. The van der Waals surface area contributed by atoms with Crippen molar-refractivity contribution >= 4 is 27.7 Å². The minimum atomic E-state index is -4.58. The Bertz CT molecular complexity index is 1050. The lowest BCUT2D eigenvalue weighted by atomic mass is 9.72. The predicted molar refractivity (Wildman–Crippen MR) is 118 cm³/mol. The van der Waals surface area contributed by atoms with Crippen molar-refractivity contribution in [3.8, 4) is 6.07 Å². The summed E-state index contributed by atoms with van der Waals surface area (Å²) in [5, 5.41) is 10.0. The molecule has 1 aliphatic heterocycles. The van der Waals surface area contributed by atoms with Gasteiger partial charge < -0.3 is 10.5 Å². The zero-order valence-corrected chi connectivity index (χ0v) is 19.2. The summed E-state index contributed by atoms with van der Waals surface area (Å²) in [7, 11) is 0. The van der Waals surface area contributed by atoms with Crippen molar-refractivity contribution in [1.29, 1.82) is 5.26 Å². The number of hydrogen-bond acceptors (Lipinski definition) is 4. The summed E-state index contributed by atoms with van der Waals surface area (Å²) in [5.41, 5.74) is 5.69. The molecule has 2 N–H and O–H groups in total. The van der Waals surface area contributed by atoms with Crippen LogP contribution >= 0.6 is 15.9 Å². The molecule has 0 aliphatic carbocycles. The van der Waals surface area contributed by atoms with Crippen molar-refractivity contribution in [1.82, 2.24) is 0 Å². The van der Waals surface area contributed by atoms with Crippen molar-refractivity contribution in [3.05, 3.63) is 63.6 Å². The smallest absolute Gasteiger partial charge is 0.416 e. The van der Waals surface area contributed by atoms with Crippen LogP contribution in [0.3, 0.4) is 0 Å². The molecule has 0 saturated heterocycles. The van der Waals surface area contributed by atoms with Crippen molar-refractivity contribution in [2.75, 3.05) is 11.5 Å². The Morgan fingerprint density at radius 3 is 2.62 bits per heavy atom. The molecule has 3 rings (SSSR count). The van der Waals surface area contributed by atoms with E-state index in [0.717, 1.165) is 16.6 Å². The van der Waals surface area contributed by atoms with Gasteiger partial charge in [0.1, 0.15) is 0 Å². The lowest BCUT2D eigenvalue weighted by Gasteiger charge is -2.48. The van der Waals surface area contributed by atoms with Crippen molar-refractivity contribution < 1.29 is 22.7 Å². The Hall–Kier alpha value is -2.57. The fraction of sp³-hybridized carbons (Fsp3) is 0.391. The molecular weight excluding hydrogens is 487 g/mol. The molecule has 0 bridgehead atoms. The van der Waals surface area contributed by atoms with Crippen LogP contribution in [0.4, 0.5) is 23.7 Å². The molecule has 0 aromatic heterocycles. The second-order valence-corrected chi connectivity index (χ2v) is 8.65. The Kier molecular flexibility index (Phi) is 6.86. The molecule has 0 saturated carbocycles. The number of carbonyl (C=O) groups is 1. The monoisotopic (exact) mass is 509 g/mol. The number of nitriles is 1. The number of nitrogens with two attached hydrogens (primary N) is 1. The topological polar surface area (TPSA) is 79.3 Å². The maximum atomic E-state index is 13.5. The van der Waals surface area contributed by atoms with Gasteiger partial charge in [0.15, 0.2) is 0 Å². The molecule has 32 heavy (non-hydrogen) atoms. The Morgan fingerprint density at radius 1 is 1.34 bits per heavy atom. The largest absolute Gasteiger partial charge is 0.449 e. The molecule has 0 spiro atoms. The second kappa shape index (κ2) is 9.12. The van der Waals surface area contributed by atoms with Crippen LogP contribution in [0.1, 0.15) is 55.2 Å². The molecule has 1 aliphatic rings. The summed E-state index contributed by atoms with van der Waals surface area (Å²) in [5.74, 6) is -1.43. The van der Waals surface area contributed by atoms with Gasteiger partial charge in [-0.2, -0.15) is 18.4 Å². The summed E-state index contributed by atoms with van der Waals surface area (Å²) >= 11 is 3.38. The number of anilines is 1. The van der Waals surface area contributed by atoms with Gasteiger partial charge in [-0.05, 0) is 61.2 Å². The van der Waals surface area contributed by atoms with E-state index in [9.17, 15) is 23.2 Å². The minimum Gasteiger partial charge on any atom is -0.449 e. The van der Waals surface area contributed by atoms with E-state index >= 15 is 0 Å². The molecule has 5 nitrogen and oxygen atoms in total. The highest BCUT2D eigenvalue weighted by atomic mass is 79.9. The maximum absolute atomic E-state index is 13.5. The fourth-order valence-corrected chi connectivity index (χ4v) is 4.64. The third-order valence-electron chi connectivity index (χ3n) is 5.83. The van der Waals surface area contributed by atoms with Crippen LogP contribution in [0.15, 0.2) is 46.9 Å². The minimum absolute atomic E-state index is 0.0907. The van der Waals surface area contributed by atoms with E-state index in [1.54, 1.807) is 38.1 Å². The van der Waals surface area contributed by atoms with Gasteiger partial charge in [0.2, 0.25) is 0 Å². The van der Waals surface area contributed by atoms with Gasteiger partial charge in [-0.25, -0.2) is 4.79 Å². The molecule has 170 valence electrons. The molecule has 3 atom stereocenters. The standard InChI is InChI=1S/C23H23BrF3N3O2/c1-3-22(29)12-18(19(13-28)14-6-5-7-16(24)10-14)17-11-15(23(25,26)27)8-9-20(17)30(22)21(31)32-4-2/h5-11,18-19H,3-4,12,29H2,1-2H3/t18-,19?,22-/m1/s1. The first kappa shape index (κ1) is 24.1. The number of halogens is 4. The Labute approximate surface area is 193 Å². The number of hydrogen-bond donors (Lipinski definition) is 1. The van der Waals surface area contributed by atoms with Crippen molar-refractivity contribution in [2.24, 2.45) is 5.73 Å². The number of carbonyl (C=O) groups excluding carboxylic acids is 1. The van der Waals surface area contributed by atoms with E-state index in [4.69, 9.17) is 10.5 Å². The SMILES string of the molecule is CCOC(=O)N1c2ccc(C(F)(F)F)cc2[C@H](C(C#N)c2cccc(Br)c2)C[C@@]1(N)CC. The molecular formula is C23H23BrF3N3O2. The van der Waals surface area contributed by atoms with E-state index in [2.05, 4.69) is 22.0 Å². The Balaban J connectivity index is 2.25. The van der Waals surface area contributed by atoms with Crippen LogP contribution in [0.5, 0.6) is 0 Å². The van der Waals surface area contributed by atoms with Crippen LogP contribution in [0.25, 0.3) is 0 Å². The third kappa shape index (κ3) is 4.48. The van der Waals surface area contributed by atoms with Crippen LogP contribution in [0, 0.1) is 11.3 Å². The highest BCUT2D eigenvalue weighted by molar-refractivity contribution is 9.10. The van der Waals surface area contributed by atoms with Crippen molar-refractivity contribution in [2.45, 2.75) is 50.4 Å². The van der Waals surface area contributed by atoms with E-state index in [-0.39, 0.29) is 24.3 Å². The molecule has 0 fully saturated rings. The van der Waals surface area contributed by atoms with E-state index in [0.29, 0.717) is 12.0 Å². The van der Waals surface area contributed by atoms with Gasteiger partial charge in [-0.15, -0.1) is 0 Å². The summed E-state index contributed by atoms with van der Waals surface area (Å²) in [6, 6.07) is 12.5. The summed E-state index contributed by atoms with van der Waals surface area (Å²) in [4.78, 5) is 14.0. The fourth-order valence-electron chi connectivity index (χ4n) is 4.22. The van der Waals surface area contributed by atoms with Crippen LogP contribution in [-0.4, -0.2) is 18.4 Å². The molecule has 1 amide bonds. The number of rotatable bonds is 4. The van der Waals surface area contributed by atoms with Crippen LogP contribution in [-0.2, 0) is 10.9 Å². The number of alkyl halides is 3. The number of nitrogens with zero attached hydrogens (tertiary/aromatic N) is 2. The highest BCUT2D eigenvalue weighted by Gasteiger charge is 2.48. The molecule has 1 heterocycles.